The number of anilines is 2. The Hall–Kier alpha value is -2.13. The Labute approximate surface area is 116 Å². The standard InChI is InChI=1S/C11H15N5O3S/c1-13-20(17,18)8-2-3-9(12)10(6-8)14-5-4-11-15-7-19-16-11/h2-3,6-7,13-14H,4-5,12H2,1H3. The molecule has 0 radical (unpaired) electrons. The maximum atomic E-state index is 11.7. The van der Waals surface area contributed by atoms with Gasteiger partial charge >= 0.3 is 0 Å². The van der Waals surface area contributed by atoms with Gasteiger partial charge in [-0.2, -0.15) is 4.98 Å². The molecule has 9 heteroatoms. The number of rotatable bonds is 6. The van der Waals surface area contributed by atoms with E-state index in [-0.39, 0.29) is 4.90 Å². The minimum atomic E-state index is -3.49. The van der Waals surface area contributed by atoms with Crippen LogP contribution in [0.5, 0.6) is 0 Å². The van der Waals surface area contributed by atoms with Crippen molar-refractivity contribution >= 4 is 21.4 Å². The van der Waals surface area contributed by atoms with E-state index in [0.717, 1.165) is 0 Å². The minimum absolute atomic E-state index is 0.149. The monoisotopic (exact) mass is 297 g/mol. The van der Waals surface area contributed by atoms with Crippen molar-refractivity contribution in [3.8, 4) is 0 Å². The van der Waals surface area contributed by atoms with Crippen LogP contribution in [0.4, 0.5) is 11.4 Å². The number of nitrogens with zero attached hydrogens (tertiary/aromatic N) is 2. The van der Waals surface area contributed by atoms with Gasteiger partial charge in [0.05, 0.1) is 16.3 Å². The first kappa shape index (κ1) is 14.3. The maximum absolute atomic E-state index is 11.7. The molecule has 1 heterocycles. The van der Waals surface area contributed by atoms with Gasteiger partial charge in [-0.3, -0.25) is 0 Å². The molecule has 0 spiro atoms. The third-order valence-electron chi connectivity index (χ3n) is 2.67. The Morgan fingerprint density at radius 1 is 1.40 bits per heavy atom. The molecule has 0 saturated carbocycles. The molecule has 108 valence electrons. The van der Waals surface area contributed by atoms with Crippen molar-refractivity contribution < 1.29 is 12.9 Å². The van der Waals surface area contributed by atoms with Crippen LogP contribution in [0.1, 0.15) is 5.82 Å². The first-order valence-electron chi connectivity index (χ1n) is 5.85. The molecule has 0 aliphatic carbocycles. The lowest BCUT2D eigenvalue weighted by molar-refractivity contribution is 0.410. The summed E-state index contributed by atoms with van der Waals surface area (Å²) < 4.78 is 30.3. The van der Waals surface area contributed by atoms with Gasteiger partial charge < -0.3 is 15.6 Å². The van der Waals surface area contributed by atoms with Crippen molar-refractivity contribution in [2.75, 3.05) is 24.6 Å². The minimum Gasteiger partial charge on any atom is -0.397 e. The molecule has 0 amide bonds. The topological polar surface area (TPSA) is 123 Å². The van der Waals surface area contributed by atoms with E-state index in [1.54, 1.807) is 6.07 Å². The molecule has 0 aliphatic heterocycles. The van der Waals surface area contributed by atoms with Gasteiger partial charge in [0, 0.05) is 13.0 Å². The fourth-order valence-electron chi connectivity index (χ4n) is 1.59. The number of hydrogen-bond donors (Lipinski definition) is 3. The van der Waals surface area contributed by atoms with Gasteiger partial charge in [-0.1, -0.05) is 5.16 Å². The molecule has 0 saturated heterocycles. The second-order valence-corrected chi connectivity index (χ2v) is 5.87. The number of sulfonamides is 1. The smallest absolute Gasteiger partial charge is 0.240 e. The summed E-state index contributed by atoms with van der Waals surface area (Å²) in [6, 6.07) is 4.48. The van der Waals surface area contributed by atoms with Gasteiger partial charge in [0.2, 0.25) is 16.4 Å². The lowest BCUT2D eigenvalue weighted by Crippen LogP contribution is -2.19. The highest BCUT2D eigenvalue weighted by molar-refractivity contribution is 7.89. The Bertz CT molecular complexity index is 669. The molecular weight excluding hydrogens is 282 g/mol. The summed E-state index contributed by atoms with van der Waals surface area (Å²) in [6.07, 6.45) is 1.79. The van der Waals surface area contributed by atoms with Crippen LogP contribution in [0.15, 0.2) is 34.0 Å². The average molecular weight is 297 g/mol. The predicted octanol–water partition coefficient (Wildman–Crippen LogP) is 0.214. The van der Waals surface area contributed by atoms with Crippen molar-refractivity contribution in [3.05, 3.63) is 30.4 Å². The van der Waals surface area contributed by atoms with E-state index in [2.05, 4.69) is 24.7 Å². The number of nitrogens with two attached hydrogens (primary N) is 1. The molecule has 0 fully saturated rings. The maximum Gasteiger partial charge on any atom is 0.240 e. The molecule has 0 aliphatic rings. The Morgan fingerprint density at radius 3 is 2.85 bits per heavy atom. The Kier molecular flexibility index (Phi) is 4.20. The molecule has 1 aromatic heterocycles. The lowest BCUT2D eigenvalue weighted by atomic mass is 10.2. The summed E-state index contributed by atoms with van der Waals surface area (Å²) in [5.41, 5.74) is 6.82. The third kappa shape index (κ3) is 3.25. The van der Waals surface area contributed by atoms with Gasteiger partial charge in [-0.15, -0.1) is 0 Å². The SMILES string of the molecule is CNS(=O)(=O)c1ccc(N)c(NCCc2ncon2)c1. The van der Waals surface area contributed by atoms with Crippen LogP contribution in [0, 0.1) is 0 Å². The van der Waals surface area contributed by atoms with Gasteiger partial charge in [0.15, 0.2) is 5.82 Å². The van der Waals surface area contributed by atoms with Crippen LogP contribution in [0.2, 0.25) is 0 Å². The van der Waals surface area contributed by atoms with Gasteiger partial charge in [0.25, 0.3) is 0 Å². The quantitative estimate of drug-likeness (QED) is 0.651. The summed E-state index contributed by atoms with van der Waals surface area (Å²) in [7, 11) is -2.13. The van der Waals surface area contributed by atoms with Crippen LogP contribution in [-0.2, 0) is 16.4 Å². The van der Waals surface area contributed by atoms with E-state index in [0.29, 0.717) is 30.2 Å². The van der Waals surface area contributed by atoms with Crippen molar-refractivity contribution in [3.63, 3.8) is 0 Å². The fourth-order valence-corrected chi connectivity index (χ4v) is 2.34. The van der Waals surface area contributed by atoms with Crippen molar-refractivity contribution in [1.29, 1.82) is 0 Å². The van der Waals surface area contributed by atoms with E-state index in [9.17, 15) is 8.42 Å². The van der Waals surface area contributed by atoms with E-state index in [1.807, 2.05) is 0 Å². The summed E-state index contributed by atoms with van der Waals surface area (Å²) in [5.74, 6) is 0.565. The predicted molar refractivity (Wildman–Crippen MR) is 73.6 cm³/mol. The van der Waals surface area contributed by atoms with Crippen LogP contribution in [-0.4, -0.2) is 32.2 Å². The molecule has 1 aromatic carbocycles. The number of nitrogens with one attached hydrogen (secondary N) is 2. The second kappa shape index (κ2) is 5.88. The molecule has 2 aromatic rings. The molecule has 8 nitrogen and oxygen atoms in total. The highest BCUT2D eigenvalue weighted by Gasteiger charge is 2.13. The van der Waals surface area contributed by atoms with E-state index >= 15 is 0 Å². The Balaban J connectivity index is 2.09. The summed E-state index contributed by atoms with van der Waals surface area (Å²) in [6.45, 7) is 0.507. The molecule has 0 unspecified atom stereocenters. The number of hydrogen-bond acceptors (Lipinski definition) is 7. The lowest BCUT2D eigenvalue weighted by Gasteiger charge is -2.10. The van der Waals surface area contributed by atoms with E-state index in [4.69, 9.17) is 5.73 Å². The molecule has 0 bridgehead atoms. The van der Waals surface area contributed by atoms with Gasteiger partial charge in [0.1, 0.15) is 0 Å². The molecule has 4 N–H and O–H groups in total. The normalized spacial score (nSPS) is 11.4. The highest BCUT2D eigenvalue weighted by atomic mass is 32.2. The first-order valence-corrected chi connectivity index (χ1v) is 7.33. The zero-order valence-corrected chi connectivity index (χ0v) is 11.6. The van der Waals surface area contributed by atoms with Gasteiger partial charge in [-0.05, 0) is 25.2 Å². The summed E-state index contributed by atoms with van der Waals surface area (Å²) in [4.78, 5) is 4.03. The average Bonchev–Trinajstić information content (AvgIpc) is 2.94. The van der Waals surface area contributed by atoms with Crippen LogP contribution < -0.4 is 15.8 Å². The molecule has 2 rings (SSSR count). The van der Waals surface area contributed by atoms with E-state index in [1.165, 1.54) is 25.6 Å². The molecular formula is C11H15N5O3S. The first-order chi connectivity index (χ1) is 9.53. The van der Waals surface area contributed by atoms with Crippen LogP contribution >= 0.6 is 0 Å². The summed E-state index contributed by atoms with van der Waals surface area (Å²) in [5, 5.41) is 6.73. The Morgan fingerprint density at radius 2 is 2.20 bits per heavy atom. The molecule has 0 atom stereocenters. The van der Waals surface area contributed by atoms with Crippen molar-refractivity contribution in [2.45, 2.75) is 11.3 Å². The van der Waals surface area contributed by atoms with E-state index < -0.39 is 10.0 Å². The van der Waals surface area contributed by atoms with Crippen LogP contribution in [0.3, 0.4) is 0 Å². The van der Waals surface area contributed by atoms with Crippen LogP contribution in [0.25, 0.3) is 0 Å². The number of aromatic nitrogens is 2. The zero-order chi connectivity index (χ0) is 14.6. The second-order valence-electron chi connectivity index (χ2n) is 3.98. The summed E-state index contributed by atoms with van der Waals surface area (Å²) >= 11 is 0. The number of nitrogen functional groups attached to an aromatic ring is 1. The fraction of sp³-hybridized carbons (Fsp3) is 0.273. The van der Waals surface area contributed by atoms with Crippen molar-refractivity contribution in [1.82, 2.24) is 14.9 Å². The van der Waals surface area contributed by atoms with Gasteiger partial charge in [-0.25, -0.2) is 13.1 Å². The zero-order valence-electron chi connectivity index (χ0n) is 10.8. The number of benzene rings is 1. The van der Waals surface area contributed by atoms with Crippen molar-refractivity contribution in [2.24, 2.45) is 0 Å². The largest absolute Gasteiger partial charge is 0.397 e. The highest BCUT2D eigenvalue weighted by Crippen LogP contribution is 2.22. The molecule has 20 heavy (non-hydrogen) atoms. The third-order valence-corrected chi connectivity index (χ3v) is 4.09.